The van der Waals surface area contributed by atoms with Gasteiger partial charge in [0.05, 0.1) is 6.42 Å². The van der Waals surface area contributed by atoms with Crippen LogP contribution in [0.2, 0.25) is 0 Å². The number of hydrogen-bond acceptors (Lipinski definition) is 3. The summed E-state index contributed by atoms with van der Waals surface area (Å²) in [6.45, 7) is 0. The Bertz CT molecular complexity index is 567. The van der Waals surface area contributed by atoms with Gasteiger partial charge in [-0.2, -0.15) is 0 Å². The van der Waals surface area contributed by atoms with Gasteiger partial charge in [0.2, 0.25) is 0 Å². The Morgan fingerprint density at radius 3 is 2.72 bits per heavy atom. The molecule has 0 atom stereocenters. The van der Waals surface area contributed by atoms with E-state index in [-0.39, 0.29) is 5.78 Å². The number of nitrogen functional groups attached to an aromatic ring is 1. The molecule has 2 rings (SSSR count). The lowest BCUT2D eigenvalue weighted by atomic mass is 10.1. The van der Waals surface area contributed by atoms with E-state index in [2.05, 4.69) is 4.98 Å². The van der Waals surface area contributed by atoms with E-state index in [0.29, 0.717) is 12.1 Å². The van der Waals surface area contributed by atoms with E-state index < -0.39 is 0 Å². The molecular weight excluding hydrogens is 226 g/mol. The predicted molar refractivity (Wildman–Crippen MR) is 71.8 cm³/mol. The van der Waals surface area contributed by atoms with Gasteiger partial charge in [0.15, 0.2) is 5.78 Å². The van der Waals surface area contributed by atoms with Crippen molar-refractivity contribution in [2.24, 2.45) is 7.05 Å². The molecule has 2 aromatic rings. The number of allylic oxidation sites excluding steroid dienone is 1. The molecule has 0 amide bonds. The molecular formula is C14H15N3O. The van der Waals surface area contributed by atoms with Gasteiger partial charge in [-0.15, -0.1) is 0 Å². The number of anilines is 1. The van der Waals surface area contributed by atoms with Crippen LogP contribution in [-0.4, -0.2) is 15.3 Å². The number of aromatic nitrogens is 2. The van der Waals surface area contributed by atoms with Crippen molar-refractivity contribution in [3.8, 4) is 0 Å². The van der Waals surface area contributed by atoms with Crippen LogP contribution in [0.1, 0.15) is 11.4 Å². The molecule has 0 saturated heterocycles. The second-order valence-electron chi connectivity index (χ2n) is 4.10. The zero-order valence-corrected chi connectivity index (χ0v) is 10.2. The molecule has 1 aromatic carbocycles. The Morgan fingerprint density at radius 1 is 1.39 bits per heavy atom. The highest BCUT2D eigenvalue weighted by molar-refractivity contribution is 5.94. The molecule has 0 saturated carbocycles. The summed E-state index contributed by atoms with van der Waals surface area (Å²) in [5.41, 5.74) is 7.26. The number of benzene rings is 1. The van der Waals surface area contributed by atoms with E-state index >= 15 is 0 Å². The first-order chi connectivity index (χ1) is 8.65. The molecule has 0 aliphatic carbocycles. The third kappa shape index (κ3) is 3.07. The summed E-state index contributed by atoms with van der Waals surface area (Å²) in [5.74, 6) is 0.795. The van der Waals surface area contributed by atoms with Crippen LogP contribution >= 0.6 is 0 Å². The monoisotopic (exact) mass is 241 g/mol. The number of imidazole rings is 1. The van der Waals surface area contributed by atoms with Crippen molar-refractivity contribution in [3.63, 3.8) is 0 Å². The number of carbonyl (C=O) groups is 1. The maximum absolute atomic E-state index is 11.7. The quantitative estimate of drug-likeness (QED) is 0.656. The Morgan fingerprint density at radius 2 is 2.11 bits per heavy atom. The number of ketones is 1. The fourth-order valence-electron chi connectivity index (χ4n) is 1.58. The van der Waals surface area contributed by atoms with Crippen molar-refractivity contribution in [1.82, 2.24) is 9.55 Å². The summed E-state index contributed by atoms with van der Waals surface area (Å²) in [6, 6.07) is 7.37. The number of carbonyl (C=O) groups excluding carboxylic acids is 1. The average molecular weight is 241 g/mol. The first kappa shape index (κ1) is 12.1. The van der Waals surface area contributed by atoms with Crippen molar-refractivity contribution >= 4 is 17.5 Å². The maximum Gasteiger partial charge on any atom is 0.163 e. The molecule has 0 bridgehead atoms. The minimum atomic E-state index is 0.0288. The first-order valence-corrected chi connectivity index (χ1v) is 5.68. The highest BCUT2D eigenvalue weighted by Crippen LogP contribution is 2.07. The largest absolute Gasteiger partial charge is 0.399 e. The number of nitrogens with two attached hydrogens (primary N) is 1. The van der Waals surface area contributed by atoms with E-state index in [1.54, 1.807) is 18.3 Å². The van der Waals surface area contributed by atoms with Crippen LogP contribution in [0, 0.1) is 0 Å². The smallest absolute Gasteiger partial charge is 0.163 e. The van der Waals surface area contributed by atoms with E-state index in [4.69, 9.17) is 5.73 Å². The van der Waals surface area contributed by atoms with Gasteiger partial charge >= 0.3 is 0 Å². The van der Waals surface area contributed by atoms with Crippen molar-refractivity contribution in [3.05, 3.63) is 54.1 Å². The highest BCUT2D eigenvalue weighted by Gasteiger charge is 2.03. The maximum atomic E-state index is 11.7. The molecule has 0 aliphatic heterocycles. The fraction of sp³-hybridized carbons (Fsp3) is 0.143. The molecule has 1 heterocycles. The van der Waals surface area contributed by atoms with Crippen LogP contribution in [0.3, 0.4) is 0 Å². The zero-order valence-electron chi connectivity index (χ0n) is 10.2. The third-order valence-electron chi connectivity index (χ3n) is 2.65. The molecule has 0 fully saturated rings. The van der Waals surface area contributed by atoms with Gasteiger partial charge < -0.3 is 10.3 Å². The van der Waals surface area contributed by atoms with E-state index in [0.717, 1.165) is 11.4 Å². The minimum Gasteiger partial charge on any atom is -0.399 e. The molecule has 18 heavy (non-hydrogen) atoms. The van der Waals surface area contributed by atoms with Gasteiger partial charge in [0.1, 0.15) is 5.82 Å². The molecule has 92 valence electrons. The minimum absolute atomic E-state index is 0.0288. The molecule has 4 heteroatoms. The Balaban J connectivity index is 1.99. The Labute approximate surface area is 106 Å². The van der Waals surface area contributed by atoms with Crippen molar-refractivity contribution in [2.75, 3.05) is 5.73 Å². The SMILES string of the molecule is Cn1ccnc1CC(=O)/C=C/c1ccc(N)cc1. The third-order valence-corrected chi connectivity index (χ3v) is 2.65. The lowest BCUT2D eigenvalue weighted by Crippen LogP contribution is -2.04. The molecule has 0 spiro atoms. The van der Waals surface area contributed by atoms with Crippen LogP contribution in [0.15, 0.2) is 42.7 Å². The van der Waals surface area contributed by atoms with Crippen LogP contribution in [0.25, 0.3) is 6.08 Å². The zero-order chi connectivity index (χ0) is 13.0. The molecule has 2 N–H and O–H groups in total. The number of nitrogens with zero attached hydrogens (tertiary/aromatic N) is 2. The van der Waals surface area contributed by atoms with Crippen LogP contribution < -0.4 is 5.73 Å². The Kier molecular flexibility index (Phi) is 3.57. The normalized spacial score (nSPS) is 10.9. The molecule has 0 radical (unpaired) electrons. The topological polar surface area (TPSA) is 60.9 Å². The number of aryl methyl sites for hydroxylation is 1. The van der Waals surface area contributed by atoms with Crippen molar-refractivity contribution in [1.29, 1.82) is 0 Å². The molecule has 0 unspecified atom stereocenters. The summed E-state index contributed by atoms with van der Waals surface area (Å²) in [6.07, 6.45) is 7.18. The van der Waals surface area contributed by atoms with Crippen LogP contribution in [-0.2, 0) is 18.3 Å². The predicted octanol–water partition coefficient (Wildman–Crippen LogP) is 1.83. The van der Waals surface area contributed by atoms with Gasteiger partial charge in [-0.05, 0) is 23.8 Å². The summed E-state index contributed by atoms with van der Waals surface area (Å²) in [5, 5.41) is 0. The van der Waals surface area contributed by atoms with E-state index in [1.165, 1.54) is 0 Å². The molecule has 1 aromatic heterocycles. The van der Waals surface area contributed by atoms with Gasteiger partial charge in [-0.25, -0.2) is 4.98 Å². The van der Waals surface area contributed by atoms with Crippen molar-refractivity contribution in [2.45, 2.75) is 6.42 Å². The van der Waals surface area contributed by atoms with Gasteiger partial charge in [-0.3, -0.25) is 4.79 Å². The molecule has 0 aliphatic rings. The first-order valence-electron chi connectivity index (χ1n) is 5.68. The lowest BCUT2D eigenvalue weighted by Gasteiger charge is -1.98. The van der Waals surface area contributed by atoms with Crippen LogP contribution in [0.4, 0.5) is 5.69 Å². The highest BCUT2D eigenvalue weighted by atomic mass is 16.1. The number of hydrogen-bond donors (Lipinski definition) is 1. The average Bonchev–Trinajstić information content (AvgIpc) is 2.74. The van der Waals surface area contributed by atoms with Gasteiger partial charge in [-0.1, -0.05) is 18.2 Å². The van der Waals surface area contributed by atoms with E-state index in [1.807, 2.05) is 42.1 Å². The standard InChI is InChI=1S/C14H15N3O/c1-17-9-8-16-14(17)10-13(18)7-4-11-2-5-12(15)6-3-11/h2-9H,10,15H2,1H3/b7-4+. The van der Waals surface area contributed by atoms with Crippen LogP contribution in [0.5, 0.6) is 0 Å². The summed E-state index contributed by atoms with van der Waals surface area (Å²) >= 11 is 0. The molecule has 4 nitrogen and oxygen atoms in total. The summed E-state index contributed by atoms with van der Waals surface area (Å²) < 4.78 is 1.84. The second kappa shape index (κ2) is 5.31. The summed E-state index contributed by atoms with van der Waals surface area (Å²) in [4.78, 5) is 15.9. The van der Waals surface area contributed by atoms with Crippen molar-refractivity contribution < 1.29 is 4.79 Å². The lowest BCUT2D eigenvalue weighted by molar-refractivity contribution is -0.114. The second-order valence-corrected chi connectivity index (χ2v) is 4.10. The van der Waals surface area contributed by atoms with Gasteiger partial charge in [0.25, 0.3) is 0 Å². The number of rotatable bonds is 4. The Hall–Kier alpha value is -2.36. The van der Waals surface area contributed by atoms with E-state index in [9.17, 15) is 4.79 Å². The fourth-order valence-corrected chi connectivity index (χ4v) is 1.58. The van der Waals surface area contributed by atoms with Gasteiger partial charge in [0, 0.05) is 25.1 Å². The summed E-state index contributed by atoms with van der Waals surface area (Å²) in [7, 11) is 1.87.